The summed E-state index contributed by atoms with van der Waals surface area (Å²) in [5, 5.41) is 3.30. The van der Waals surface area contributed by atoms with Gasteiger partial charge in [0.25, 0.3) is 0 Å². The van der Waals surface area contributed by atoms with Crippen molar-refractivity contribution >= 4 is 6.03 Å². The van der Waals surface area contributed by atoms with Crippen molar-refractivity contribution in [3.05, 3.63) is 0 Å². The molecule has 2 amide bonds. The van der Waals surface area contributed by atoms with Crippen LogP contribution in [0.3, 0.4) is 0 Å². The fourth-order valence-corrected chi connectivity index (χ4v) is 5.13. The molecule has 1 spiro atoms. The van der Waals surface area contributed by atoms with E-state index in [4.69, 9.17) is 9.47 Å². The van der Waals surface area contributed by atoms with Crippen LogP contribution in [0.1, 0.15) is 51.9 Å². The highest BCUT2D eigenvalue weighted by Gasteiger charge is 2.49. The predicted octanol–water partition coefficient (Wildman–Crippen LogP) is 2.19. The first-order chi connectivity index (χ1) is 12.1. The molecule has 2 aliphatic heterocycles. The number of ether oxygens (including phenoxy) is 2. The number of rotatable bonds is 4. The largest absolute Gasteiger partial charge is 0.348 e. The van der Waals surface area contributed by atoms with Gasteiger partial charge in [0.1, 0.15) is 0 Å². The molecule has 0 unspecified atom stereocenters. The van der Waals surface area contributed by atoms with Crippen LogP contribution < -0.4 is 5.32 Å². The molecule has 6 nitrogen and oxygen atoms in total. The normalized spacial score (nSPS) is 34.7. The maximum atomic E-state index is 12.5. The molecule has 3 atom stereocenters. The molecule has 2 heterocycles. The van der Waals surface area contributed by atoms with Crippen LogP contribution in [0.15, 0.2) is 0 Å². The molecule has 2 saturated heterocycles. The van der Waals surface area contributed by atoms with Crippen molar-refractivity contribution in [2.45, 2.75) is 75.8 Å². The second-order valence-electron chi connectivity index (χ2n) is 8.40. The summed E-state index contributed by atoms with van der Waals surface area (Å²) in [5.74, 6) is 0.208. The standard InChI is InChI=1S/C19H33N3O3/c1-3-8-22-13-15(20-18(23)21(2)16-4-5-16)11-14-12-19(7-6-17(14)22)24-9-10-25-19/h14-17H,3-13H2,1-2H3,(H,20,23)/t14-,15+,17-/m1/s1. The first kappa shape index (κ1) is 17.6. The van der Waals surface area contributed by atoms with Crippen molar-refractivity contribution in [1.29, 1.82) is 0 Å². The fraction of sp³-hybridized carbons (Fsp3) is 0.947. The molecule has 6 heteroatoms. The number of amides is 2. The van der Waals surface area contributed by atoms with Crippen LogP contribution in [0.25, 0.3) is 0 Å². The Morgan fingerprint density at radius 2 is 2.04 bits per heavy atom. The Bertz CT molecular complexity index is 490. The number of piperidine rings is 1. The lowest BCUT2D eigenvalue weighted by Crippen LogP contribution is -2.60. The molecule has 0 aromatic heterocycles. The van der Waals surface area contributed by atoms with Crippen molar-refractivity contribution in [2.24, 2.45) is 5.92 Å². The zero-order valence-corrected chi connectivity index (χ0v) is 15.7. The number of likely N-dealkylation sites (tertiary alicyclic amines) is 1. The summed E-state index contributed by atoms with van der Waals surface area (Å²) in [7, 11) is 1.93. The third-order valence-electron chi connectivity index (χ3n) is 6.52. The molecule has 0 radical (unpaired) electrons. The highest BCUT2D eigenvalue weighted by molar-refractivity contribution is 5.75. The average Bonchev–Trinajstić information content (AvgIpc) is 3.35. The molecular formula is C19H33N3O3. The molecule has 4 fully saturated rings. The molecular weight excluding hydrogens is 318 g/mol. The quantitative estimate of drug-likeness (QED) is 0.844. The van der Waals surface area contributed by atoms with Gasteiger partial charge in [-0.1, -0.05) is 6.92 Å². The average molecular weight is 351 g/mol. The molecule has 25 heavy (non-hydrogen) atoms. The van der Waals surface area contributed by atoms with E-state index in [9.17, 15) is 4.79 Å². The second kappa shape index (κ2) is 7.05. The molecule has 2 saturated carbocycles. The summed E-state index contributed by atoms with van der Waals surface area (Å²) < 4.78 is 12.0. The molecule has 2 aliphatic carbocycles. The zero-order valence-electron chi connectivity index (χ0n) is 15.7. The summed E-state index contributed by atoms with van der Waals surface area (Å²) in [6.07, 6.45) is 7.64. The number of nitrogens with zero attached hydrogens (tertiary/aromatic N) is 2. The zero-order chi connectivity index (χ0) is 17.4. The van der Waals surface area contributed by atoms with Gasteiger partial charge >= 0.3 is 6.03 Å². The molecule has 4 rings (SSSR count). The van der Waals surface area contributed by atoms with E-state index in [1.165, 1.54) is 0 Å². The van der Waals surface area contributed by atoms with Crippen molar-refractivity contribution < 1.29 is 14.3 Å². The number of carbonyl (C=O) groups is 1. The summed E-state index contributed by atoms with van der Waals surface area (Å²) >= 11 is 0. The van der Waals surface area contributed by atoms with Gasteiger partial charge in [0.2, 0.25) is 0 Å². The third kappa shape index (κ3) is 3.67. The maximum absolute atomic E-state index is 12.5. The van der Waals surface area contributed by atoms with Gasteiger partial charge in [-0.3, -0.25) is 4.90 Å². The Hall–Kier alpha value is -0.850. The first-order valence-corrected chi connectivity index (χ1v) is 10.2. The number of urea groups is 1. The number of carbonyl (C=O) groups excluding carboxylic acids is 1. The highest BCUT2D eigenvalue weighted by atomic mass is 16.7. The number of fused-ring (bicyclic) bond motifs is 1. The summed E-state index contributed by atoms with van der Waals surface area (Å²) in [6, 6.07) is 1.41. The minimum absolute atomic E-state index is 0.0984. The smallest absolute Gasteiger partial charge is 0.317 e. The summed E-state index contributed by atoms with van der Waals surface area (Å²) in [4.78, 5) is 17.0. The third-order valence-corrected chi connectivity index (χ3v) is 6.52. The molecule has 142 valence electrons. The second-order valence-corrected chi connectivity index (χ2v) is 8.40. The fourth-order valence-electron chi connectivity index (χ4n) is 5.13. The van der Waals surface area contributed by atoms with E-state index in [1.54, 1.807) is 0 Å². The predicted molar refractivity (Wildman–Crippen MR) is 95.3 cm³/mol. The number of hydrogen-bond acceptors (Lipinski definition) is 4. The maximum Gasteiger partial charge on any atom is 0.317 e. The molecule has 4 aliphatic rings. The van der Waals surface area contributed by atoms with Gasteiger partial charge in [0, 0.05) is 44.6 Å². The van der Waals surface area contributed by atoms with Gasteiger partial charge in [-0.05, 0) is 44.6 Å². The molecule has 0 bridgehead atoms. The lowest BCUT2D eigenvalue weighted by atomic mass is 9.74. The van der Waals surface area contributed by atoms with Crippen molar-refractivity contribution in [2.75, 3.05) is 33.4 Å². The van der Waals surface area contributed by atoms with E-state index in [0.717, 1.165) is 71.2 Å². The van der Waals surface area contributed by atoms with Gasteiger partial charge in [0.05, 0.1) is 13.2 Å². The summed E-state index contributed by atoms with van der Waals surface area (Å²) in [5.41, 5.74) is 0. The van der Waals surface area contributed by atoms with Crippen LogP contribution in [-0.4, -0.2) is 73.1 Å². The van der Waals surface area contributed by atoms with E-state index >= 15 is 0 Å². The van der Waals surface area contributed by atoms with Crippen molar-refractivity contribution in [1.82, 2.24) is 15.1 Å². The lowest BCUT2D eigenvalue weighted by molar-refractivity contribution is -0.201. The lowest BCUT2D eigenvalue weighted by Gasteiger charge is -2.51. The first-order valence-electron chi connectivity index (χ1n) is 10.2. The van der Waals surface area contributed by atoms with E-state index in [1.807, 2.05) is 11.9 Å². The van der Waals surface area contributed by atoms with Gasteiger partial charge in [-0.2, -0.15) is 0 Å². The van der Waals surface area contributed by atoms with Gasteiger partial charge in [-0.25, -0.2) is 4.79 Å². The van der Waals surface area contributed by atoms with Gasteiger partial charge in [0.15, 0.2) is 5.79 Å². The van der Waals surface area contributed by atoms with Crippen LogP contribution in [-0.2, 0) is 9.47 Å². The van der Waals surface area contributed by atoms with Crippen molar-refractivity contribution in [3.63, 3.8) is 0 Å². The minimum Gasteiger partial charge on any atom is -0.348 e. The molecule has 0 aromatic carbocycles. The Labute approximate surface area is 151 Å². The SMILES string of the molecule is CCCN1C[C@@H](NC(=O)N(C)C2CC2)C[C@@H]2CC3(CC[C@H]21)OCCO3. The van der Waals surface area contributed by atoms with Crippen LogP contribution in [0.2, 0.25) is 0 Å². The Morgan fingerprint density at radius 1 is 1.28 bits per heavy atom. The Kier molecular flexibility index (Phi) is 4.95. The van der Waals surface area contributed by atoms with Crippen LogP contribution in [0.5, 0.6) is 0 Å². The van der Waals surface area contributed by atoms with E-state index in [0.29, 0.717) is 18.0 Å². The minimum atomic E-state index is -0.338. The molecule has 0 aromatic rings. The highest BCUT2D eigenvalue weighted by Crippen LogP contribution is 2.44. The number of nitrogens with one attached hydrogen (secondary N) is 1. The van der Waals surface area contributed by atoms with Gasteiger partial charge in [-0.15, -0.1) is 0 Å². The van der Waals surface area contributed by atoms with E-state index in [-0.39, 0.29) is 17.9 Å². The Morgan fingerprint density at radius 3 is 2.72 bits per heavy atom. The Balaban J connectivity index is 1.42. The van der Waals surface area contributed by atoms with Crippen LogP contribution in [0.4, 0.5) is 4.79 Å². The number of hydrogen-bond donors (Lipinski definition) is 1. The van der Waals surface area contributed by atoms with Gasteiger partial charge < -0.3 is 19.7 Å². The molecule has 1 N–H and O–H groups in total. The van der Waals surface area contributed by atoms with Crippen molar-refractivity contribution in [3.8, 4) is 0 Å². The summed E-state index contributed by atoms with van der Waals surface area (Å²) in [6.45, 7) is 5.78. The topological polar surface area (TPSA) is 54.0 Å². The monoisotopic (exact) mass is 351 g/mol. The van der Waals surface area contributed by atoms with E-state index in [2.05, 4.69) is 17.1 Å². The van der Waals surface area contributed by atoms with E-state index < -0.39 is 0 Å². The van der Waals surface area contributed by atoms with Crippen LogP contribution in [0, 0.1) is 5.92 Å². The van der Waals surface area contributed by atoms with Crippen LogP contribution >= 0.6 is 0 Å².